The third-order valence-corrected chi connectivity index (χ3v) is 6.84. The predicted molar refractivity (Wildman–Crippen MR) is 96.5 cm³/mol. The van der Waals surface area contributed by atoms with E-state index in [4.69, 9.17) is 4.74 Å². The maximum absolute atomic E-state index is 12.9. The summed E-state index contributed by atoms with van der Waals surface area (Å²) in [6.45, 7) is 0. The van der Waals surface area contributed by atoms with Crippen LogP contribution in [0.5, 0.6) is 11.5 Å². The molecule has 1 heterocycles. The molecule has 1 aromatic rings. The highest BCUT2D eigenvalue weighted by Gasteiger charge is 2.67. The number of rotatable bonds is 3. The van der Waals surface area contributed by atoms with Crippen LogP contribution in [0.15, 0.2) is 33.9 Å². The monoisotopic (exact) mass is 416 g/mol. The van der Waals surface area contributed by atoms with Crippen LogP contribution in [0.3, 0.4) is 0 Å². The quantitative estimate of drug-likeness (QED) is 0.466. The molecule has 1 aliphatic heterocycles. The molecule has 2 amide bonds. The number of phenols is 1. The Kier molecular flexibility index (Phi) is 3.35. The van der Waals surface area contributed by atoms with Gasteiger partial charge >= 0.3 is 0 Å². The van der Waals surface area contributed by atoms with Gasteiger partial charge in [-0.1, -0.05) is 12.2 Å². The maximum atomic E-state index is 12.9. The minimum atomic E-state index is -0.250. The van der Waals surface area contributed by atoms with Crippen LogP contribution >= 0.6 is 15.9 Å². The van der Waals surface area contributed by atoms with Gasteiger partial charge in [0.25, 0.3) is 11.8 Å². The zero-order valence-electron chi connectivity index (χ0n) is 14.0. The number of amides is 2. The van der Waals surface area contributed by atoms with Crippen molar-refractivity contribution in [3.63, 3.8) is 0 Å². The minimum absolute atomic E-state index is 0.00845. The van der Waals surface area contributed by atoms with E-state index in [-0.39, 0.29) is 47.0 Å². The van der Waals surface area contributed by atoms with Crippen molar-refractivity contribution >= 4 is 34.0 Å². The molecule has 0 spiro atoms. The number of hydrogen-bond acceptors (Lipinski definition) is 5. The zero-order valence-corrected chi connectivity index (χ0v) is 15.6. The third kappa shape index (κ3) is 2.06. The molecule has 26 heavy (non-hydrogen) atoms. The Morgan fingerprint density at radius 1 is 1.19 bits per heavy atom. The fraction of sp³-hybridized carbons (Fsp3) is 0.421. The van der Waals surface area contributed by atoms with E-state index >= 15 is 0 Å². The number of carbonyl (C=O) groups is 2. The number of imide groups is 1. The second-order valence-corrected chi connectivity index (χ2v) is 8.30. The molecule has 5 aliphatic rings. The SMILES string of the molecule is COc1cc(/C=N\N2C(=O)[C@@H]3[C@H]4C=C[C@@H]([C@@H]5C[C@H]45)[C@@H]3C2=O)cc(Br)c1O. The Morgan fingerprint density at radius 3 is 2.38 bits per heavy atom. The van der Waals surface area contributed by atoms with Gasteiger partial charge in [0.05, 0.1) is 29.6 Å². The molecule has 3 fully saturated rings. The Balaban J connectivity index is 1.44. The molecule has 0 radical (unpaired) electrons. The molecule has 1 saturated heterocycles. The molecule has 1 N–H and O–H groups in total. The van der Waals surface area contributed by atoms with E-state index in [0.717, 1.165) is 11.4 Å². The first-order valence-corrected chi connectivity index (χ1v) is 9.47. The molecule has 134 valence electrons. The van der Waals surface area contributed by atoms with Crippen molar-refractivity contribution in [1.82, 2.24) is 5.01 Å². The lowest BCUT2D eigenvalue weighted by atomic mass is 9.63. The van der Waals surface area contributed by atoms with E-state index in [1.165, 1.54) is 13.3 Å². The van der Waals surface area contributed by atoms with Crippen LogP contribution < -0.4 is 4.74 Å². The number of ether oxygens (including phenoxy) is 1. The van der Waals surface area contributed by atoms with E-state index in [9.17, 15) is 14.7 Å². The molecule has 1 aromatic carbocycles. The Labute approximate surface area is 158 Å². The summed E-state index contributed by atoms with van der Waals surface area (Å²) in [4.78, 5) is 25.7. The standard InChI is InChI=1S/C19H17BrN2O4/c1-26-14-5-8(4-13(20)17(14)23)7-21-22-18(24)15-9-2-3-10(12-6-11(9)12)16(15)19(22)25/h2-5,7,9-12,15-16,23H,6H2,1H3/b21-7-/t9-,10-,11-,12+,15-,16+/m0/s1. The summed E-state index contributed by atoms with van der Waals surface area (Å²) in [5.41, 5.74) is 0.617. The largest absolute Gasteiger partial charge is 0.503 e. The fourth-order valence-corrected chi connectivity index (χ4v) is 5.46. The summed E-state index contributed by atoms with van der Waals surface area (Å²) in [6.07, 6.45) is 6.87. The van der Waals surface area contributed by atoms with Gasteiger partial charge in [-0.15, -0.1) is 0 Å². The molecule has 0 unspecified atom stereocenters. The zero-order chi connectivity index (χ0) is 18.2. The normalized spacial score (nSPS) is 36.6. The van der Waals surface area contributed by atoms with Gasteiger partial charge in [-0.3, -0.25) is 9.59 Å². The number of methoxy groups -OCH3 is 1. The summed E-state index contributed by atoms with van der Waals surface area (Å²) in [5.74, 6) is 0.926. The number of halogens is 1. The van der Waals surface area contributed by atoms with Crippen molar-refractivity contribution in [1.29, 1.82) is 0 Å². The predicted octanol–water partition coefficient (Wildman–Crippen LogP) is 2.55. The third-order valence-electron chi connectivity index (χ3n) is 6.23. The van der Waals surface area contributed by atoms with Crippen LogP contribution in [0.1, 0.15) is 12.0 Å². The van der Waals surface area contributed by atoms with Gasteiger partial charge in [-0.05, 0) is 63.7 Å². The van der Waals surface area contributed by atoms with Gasteiger partial charge in [-0.2, -0.15) is 10.1 Å². The molecule has 6 atom stereocenters. The number of hydrazone groups is 1. The molecule has 4 aliphatic carbocycles. The number of phenolic OH excluding ortho intramolecular Hbond substituents is 1. The lowest BCUT2D eigenvalue weighted by Gasteiger charge is -2.37. The lowest BCUT2D eigenvalue weighted by Crippen LogP contribution is -2.40. The van der Waals surface area contributed by atoms with Gasteiger partial charge in [0, 0.05) is 0 Å². The van der Waals surface area contributed by atoms with Crippen LogP contribution in [0, 0.1) is 35.5 Å². The van der Waals surface area contributed by atoms with Gasteiger partial charge in [0.15, 0.2) is 11.5 Å². The minimum Gasteiger partial charge on any atom is -0.503 e. The molecule has 0 aromatic heterocycles. The highest BCUT2D eigenvalue weighted by atomic mass is 79.9. The lowest BCUT2D eigenvalue weighted by molar-refractivity contribution is -0.140. The van der Waals surface area contributed by atoms with Crippen LogP contribution in [0.25, 0.3) is 0 Å². The number of nitrogens with zero attached hydrogens (tertiary/aromatic N) is 2. The maximum Gasteiger partial charge on any atom is 0.254 e. The summed E-state index contributed by atoms with van der Waals surface area (Å²) in [6, 6.07) is 3.25. The first-order valence-electron chi connectivity index (χ1n) is 8.68. The summed E-state index contributed by atoms with van der Waals surface area (Å²) >= 11 is 3.25. The number of aromatic hydroxyl groups is 1. The topological polar surface area (TPSA) is 79.2 Å². The van der Waals surface area contributed by atoms with Gasteiger partial charge in [-0.25, -0.2) is 0 Å². The van der Waals surface area contributed by atoms with Crippen molar-refractivity contribution in [2.24, 2.45) is 40.6 Å². The highest BCUT2D eigenvalue weighted by Crippen LogP contribution is 2.65. The highest BCUT2D eigenvalue weighted by molar-refractivity contribution is 9.10. The number of hydrogen-bond donors (Lipinski definition) is 1. The van der Waals surface area contributed by atoms with Crippen LogP contribution in [0.4, 0.5) is 0 Å². The van der Waals surface area contributed by atoms with E-state index in [0.29, 0.717) is 21.9 Å². The number of carbonyl (C=O) groups excluding carboxylic acids is 2. The van der Waals surface area contributed by atoms with Crippen molar-refractivity contribution < 1.29 is 19.4 Å². The first kappa shape index (κ1) is 16.1. The summed E-state index contributed by atoms with van der Waals surface area (Å²) in [7, 11) is 1.45. The van der Waals surface area contributed by atoms with Gasteiger partial charge in [0.2, 0.25) is 0 Å². The van der Waals surface area contributed by atoms with Crippen molar-refractivity contribution in [3.8, 4) is 11.5 Å². The van der Waals surface area contributed by atoms with Crippen molar-refractivity contribution in [2.75, 3.05) is 7.11 Å². The average Bonchev–Trinajstić information content (AvgIpc) is 3.41. The van der Waals surface area contributed by atoms with Crippen molar-refractivity contribution in [3.05, 3.63) is 34.3 Å². The van der Waals surface area contributed by atoms with E-state index < -0.39 is 0 Å². The summed E-state index contributed by atoms with van der Waals surface area (Å²) < 4.78 is 5.57. The van der Waals surface area contributed by atoms with Gasteiger partial charge in [0.1, 0.15) is 0 Å². The molecule has 2 saturated carbocycles. The Bertz CT molecular complexity index is 860. The Morgan fingerprint density at radius 2 is 1.81 bits per heavy atom. The smallest absolute Gasteiger partial charge is 0.254 e. The second kappa shape index (κ2) is 5.42. The molecular weight excluding hydrogens is 400 g/mol. The Hall–Kier alpha value is -2.15. The molecule has 6 rings (SSSR count). The number of benzene rings is 1. The molecule has 7 heteroatoms. The number of allylic oxidation sites excluding steroid dienone is 2. The van der Waals surface area contributed by atoms with Crippen LogP contribution in [-0.4, -0.2) is 35.3 Å². The molecule has 2 bridgehead atoms. The fourth-order valence-electron chi connectivity index (χ4n) is 5.00. The van der Waals surface area contributed by atoms with Crippen LogP contribution in [0.2, 0.25) is 0 Å². The molecular formula is C19H17BrN2O4. The van der Waals surface area contributed by atoms with E-state index in [1.807, 2.05) is 0 Å². The van der Waals surface area contributed by atoms with E-state index in [1.54, 1.807) is 12.1 Å². The first-order chi connectivity index (χ1) is 12.5. The molecule has 6 nitrogen and oxygen atoms in total. The van der Waals surface area contributed by atoms with Crippen LogP contribution in [-0.2, 0) is 9.59 Å². The summed E-state index contributed by atoms with van der Waals surface area (Å²) in [5, 5.41) is 15.1. The average molecular weight is 417 g/mol. The van der Waals surface area contributed by atoms with Crippen molar-refractivity contribution in [2.45, 2.75) is 6.42 Å². The van der Waals surface area contributed by atoms with E-state index in [2.05, 4.69) is 33.2 Å². The van der Waals surface area contributed by atoms with Gasteiger partial charge < -0.3 is 9.84 Å². The second-order valence-electron chi connectivity index (χ2n) is 7.44.